The summed E-state index contributed by atoms with van der Waals surface area (Å²) in [5.74, 6) is -0.109. The summed E-state index contributed by atoms with van der Waals surface area (Å²) in [5, 5.41) is 0. The molecule has 0 unspecified atom stereocenters. The van der Waals surface area contributed by atoms with Crippen LogP contribution in [0.4, 0.5) is 0 Å². The molecule has 0 bridgehead atoms. The molecular formula is C7H11NO2S. The quantitative estimate of drug-likeness (QED) is 0.498. The number of hydrogen-bond acceptors (Lipinski definition) is 3. The van der Waals surface area contributed by atoms with Crippen LogP contribution in [-0.4, -0.2) is 17.6 Å². The number of esters is 1. The van der Waals surface area contributed by atoms with Crippen molar-refractivity contribution < 1.29 is 9.53 Å². The smallest absolute Gasteiger partial charge is 0.309 e. The molecule has 11 heavy (non-hydrogen) atoms. The van der Waals surface area contributed by atoms with E-state index in [1.807, 2.05) is 0 Å². The van der Waals surface area contributed by atoms with Crippen LogP contribution in [0.1, 0.15) is 13.3 Å². The van der Waals surface area contributed by atoms with E-state index >= 15 is 0 Å². The Labute approximate surface area is 70.9 Å². The van der Waals surface area contributed by atoms with Crippen molar-refractivity contribution in [2.24, 2.45) is 17.6 Å². The van der Waals surface area contributed by atoms with Crippen molar-refractivity contribution in [2.45, 2.75) is 13.3 Å². The number of carbonyl (C=O) groups is 1. The molecule has 0 spiro atoms. The predicted molar refractivity (Wildman–Crippen MR) is 45.0 cm³/mol. The zero-order valence-electron chi connectivity index (χ0n) is 6.37. The summed E-state index contributed by atoms with van der Waals surface area (Å²) < 4.78 is 4.79. The maximum absolute atomic E-state index is 11.0. The molecule has 2 N–H and O–H groups in total. The Morgan fingerprint density at radius 3 is 2.73 bits per heavy atom. The Bertz CT molecular complexity index is 193. The lowest BCUT2D eigenvalue weighted by molar-refractivity contribution is -0.144. The molecule has 0 heterocycles. The van der Waals surface area contributed by atoms with Crippen LogP contribution >= 0.6 is 12.2 Å². The van der Waals surface area contributed by atoms with Crippen molar-refractivity contribution in [3.05, 3.63) is 0 Å². The van der Waals surface area contributed by atoms with Gasteiger partial charge in [-0.05, 0) is 13.3 Å². The van der Waals surface area contributed by atoms with Gasteiger partial charge in [-0.25, -0.2) is 0 Å². The Balaban J connectivity index is 2.32. The Kier molecular flexibility index (Phi) is 2.44. The predicted octanol–water partition coefficient (Wildman–Crippen LogP) is 0.472. The molecule has 0 aliphatic heterocycles. The molecule has 0 radical (unpaired) electrons. The third-order valence-corrected chi connectivity index (χ3v) is 2.05. The molecule has 4 heteroatoms. The van der Waals surface area contributed by atoms with E-state index in [0.29, 0.717) is 11.6 Å². The van der Waals surface area contributed by atoms with Gasteiger partial charge in [0.05, 0.1) is 17.5 Å². The van der Waals surface area contributed by atoms with Gasteiger partial charge < -0.3 is 10.5 Å². The summed E-state index contributed by atoms with van der Waals surface area (Å²) in [7, 11) is 0. The SMILES string of the molecule is CCOC(=O)[C@H]1C[C@@H]1C(N)=S. The van der Waals surface area contributed by atoms with Crippen molar-refractivity contribution in [1.82, 2.24) is 0 Å². The molecule has 62 valence electrons. The molecule has 0 aromatic heterocycles. The van der Waals surface area contributed by atoms with E-state index < -0.39 is 0 Å². The third-order valence-electron chi connectivity index (χ3n) is 1.75. The van der Waals surface area contributed by atoms with Crippen LogP contribution in [-0.2, 0) is 9.53 Å². The zero-order valence-corrected chi connectivity index (χ0v) is 7.19. The molecule has 0 amide bonds. The van der Waals surface area contributed by atoms with Crippen LogP contribution in [0.2, 0.25) is 0 Å². The van der Waals surface area contributed by atoms with Crippen LogP contribution < -0.4 is 5.73 Å². The summed E-state index contributed by atoms with van der Waals surface area (Å²) >= 11 is 4.73. The monoisotopic (exact) mass is 173 g/mol. The van der Waals surface area contributed by atoms with Gasteiger partial charge in [-0.2, -0.15) is 0 Å². The molecule has 1 saturated carbocycles. The molecule has 0 aromatic carbocycles. The number of ether oxygens (including phenoxy) is 1. The van der Waals surface area contributed by atoms with Gasteiger partial charge in [0.1, 0.15) is 0 Å². The van der Waals surface area contributed by atoms with Gasteiger partial charge >= 0.3 is 5.97 Å². The van der Waals surface area contributed by atoms with Crippen molar-refractivity contribution in [3.8, 4) is 0 Å². The maximum atomic E-state index is 11.0. The van der Waals surface area contributed by atoms with Crippen molar-refractivity contribution in [3.63, 3.8) is 0 Å². The van der Waals surface area contributed by atoms with Crippen LogP contribution in [0, 0.1) is 11.8 Å². The van der Waals surface area contributed by atoms with Gasteiger partial charge in [-0.3, -0.25) is 4.79 Å². The van der Waals surface area contributed by atoms with Crippen LogP contribution in [0.3, 0.4) is 0 Å². The molecule has 1 aliphatic rings. The van der Waals surface area contributed by atoms with E-state index in [1.54, 1.807) is 6.92 Å². The lowest BCUT2D eigenvalue weighted by atomic mass is 10.3. The van der Waals surface area contributed by atoms with E-state index in [1.165, 1.54) is 0 Å². The highest BCUT2D eigenvalue weighted by Gasteiger charge is 2.45. The van der Waals surface area contributed by atoms with Crippen LogP contribution in [0.25, 0.3) is 0 Å². The molecule has 1 fully saturated rings. The second kappa shape index (κ2) is 3.17. The highest BCUT2D eigenvalue weighted by atomic mass is 32.1. The lowest BCUT2D eigenvalue weighted by Crippen LogP contribution is -2.15. The number of carbonyl (C=O) groups excluding carboxylic acids is 1. The number of hydrogen-bond donors (Lipinski definition) is 1. The summed E-state index contributed by atoms with van der Waals surface area (Å²) in [6.07, 6.45) is 0.772. The second-order valence-electron chi connectivity index (χ2n) is 2.60. The highest BCUT2D eigenvalue weighted by Crippen LogP contribution is 2.39. The van der Waals surface area contributed by atoms with E-state index in [9.17, 15) is 4.79 Å². The van der Waals surface area contributed by atoms with Gasteiger partial charge in [0, 0.05) is 5.92 Å². The average Bonchev–Trinajstić information content (AvgIpc) is 2.65. The first-order chi connectivity index (χ1) is 5.16. The molecule has 2 atom stereocenters. The fraction of sp³-hybridized carbons (Fsp3) is 0.714. The molecular weight excluding hydrogens is 162 g/mol. The molecule has 1 rings (SSSR count). The minimum atomic E-state index is -0.162. The number of thiocarbonyl (C=S) groups is 1. The van der Waals surface area contributed by atoms with Gasteiger partial charge in [0.15, 0.2) is 0 Å². The molecule has 1 aliphatic carbocycles. The van der Waals surface area contributed by atoms with Crippen LogP contribution in [0.15, 0.2) is 0 Å². The first-order valence-corrected chi connectivity index (χ1v) is 4.03. The molecule has 3 nitrogen and oxygen atoms in total. The normalized spacial score (nSPS) is 27.7. The van der Waals surface area contributed by atoms with Gasteiger partial charge in [0.2, 0.25) is 0 Å². The van der Waals surface area contributed by atoms with Gasteiger partial charge in [-0.1, -0.05) is 12.2 Å². The van der Waals surface area contributed by atoms with Crippen molar-refractivity contribution in [2.75, 3.05) is 6.61 Å². The summed E-state index contributed by atoms with van der Waals surface area (Å²) in [6.45, 7) is 2.22. The average molecular weight is 173 g/mol. The Hall–Kier alpha value is -0.640. The minimum absolute atomic E-state index is 0.0487. The fourth-order valence-corrected chi connectivity index (χ4v) is 1.28. The maximum Gasteiger partial charge on any atom is 0.309 e. The largest absolute Gasteiger partial charge is 0.466 e. The van der Waals surface area contributed by atoms with Crippen molar-refractivity contribution >= 4 is 23.2 Å². The molecule has 0 saturated heterocycles. The van der Waals surface area contributed by atoms with Gasteiger partial charge in [0.25, 0.3) is 0 Å². The standard InChI is InChI=1S/C7H11NO2S/c1-2-10-7(9)5-3-4(5)6(8)11/h4-5H,2-3H2,1H3,(H2,8,11)/t4-,5-/m0/s1. The first-order valence-electron chi connectivity index (χ1n) is 3.62. The van der Waals surface area contributed by atoms with Gasteiger partial charge in [-0.15, -0.1) is 0 Å². The zero-order chi connectivity index (χ0) is 8.43. The summed E-state index contributed by atoms with van der Waals surface area (Å²) in [6, 6.07) is 0. The van der Waals surface area contributed by atoms with E-state index in [4.69, 9.17) is 22.7 Å². The Morgan fingerprint density at radius 2 is 2.36 bits per heavy atom. The third kappa shape index (κ3) is 1.89. The first kappa shape index (κ1) is 8.46. The minimum Gasteiger partial charge on any atom is -0.466 e. The summed E-state index contributed by atoms with van der Waals surface area (Å²) in [5.41, 5.74) is 5.35. The van der Waals surface area contributed by atoms with Crippen LogP contribution in [0.5, 0.6) is 0 Å². The Morgan fingerprint density at radius 1 is 1.73 bits per heavy atom. The van der Waals surface area contributed by atoms with E-state index in [0.717, 1.165) is 6.42 Å². The lowest BCUT2D eigenvalue weighted by Gasteiger charge is -1.98. The highest BCUT2D eigenvalue weighted by molar-refractivity contribution is 7.80. The second-order valence-corrected chi connectivity index (χ2v) is 3.07. The fourth-order valence-electron chi connectivity index (χ4n) is 1.02. The van der Waals surface area contributed by atoms with E-state index in [-0.39, 0.29) is 17.8 Å². The molecule has 0 aromatic rings. The van der Waals surface area contributed by atoms with E-state index in [2.05, 4.69) is 0 Å². The number of nitrogens with two attached hydrogens (primary N) is 1. The number of rotatable bonds is 3. The summed E-state index contributed by atoms with van der Waals surface area (Å²) in [4.78, 5) is 11.4. The topological polar surface area (TPSA) is 52.3 Å². The van der Waals surface area contributed by atoms with Crippen molar-refractivity contribution in [1.29, 1.82) is 0 Å².